The van der Waals surface area contributed by atoms with Crippen LogP contribution in [0.1, 0.15) is 13.3 Å². The molecule has 13 heavy (non-hydrogen) atoms. The fraction of sp³-hybridized carbons (Fsp3) is 0.857. The largest absolute Gasteiger partial charge is 0.480 e. The predicted octanol–water partition coefficient (Wildman–Crippen LogP) is 0.380. The third-order valence-electron chi connectivity index (χ3n) is 1.93. The molecule has 2 atom stereocenters. The molecule has 0 aromatic carbocycles. The Bertz CT molecular complexity index is 296. The Morgan fingerprint density at radius 2 is 2.23 bits per heavy atom. The molecule has 1 aliphatic rings. The average Bonchev–Trinajstić information content (AvgIpc) is 2.30. The molecule has 0 saturated carbocycles. The Hall–Kier alpha value is -0.230. The van der Waals surface area contributed by atoms with Gasteiger partial charge in [0.1, 0.15) is 0 Å². The summed E-state index contributed by atoms with van der Waals surface area (Å²) < 4.78 is 22.1. The lowest BCUT2D eigenvalue weighted by atomic mass is 10.4. The standard InChI is InChI=1S/C7H12O4S2/c1-5(7(8)9)12-6-2-3-13(10,11)4-6/h5-6H,2-4H2,1H3,(H,8,9). The number of sulfone groups is 1. The van der Waals surface area contributed by atoms with E-state index in [1.165, 1.54) is 11.8 Å². The third-order valence-corrected chi connectivity index (χ3v) is 5.31. The lowest BCUT2D eigenvalue weighted by molar-refractivity contribution is -0.136. The first-order valence-electron chi connectivity index (χ1n) is 3.99. The molecule has 0 bridgehead atoms. The Morgan fingerprint density at radius 3 is 2.62 bits per heavy atom. The molecule has 0 aromatic heterocycles. The van der Waals surface area contributed by atoms with Gasteiger partial charge >= 0.3 is 5.97 Å². The van der Waals surface area contributed by atoms with Crippen molar-refractivity contribution in [2.45, 2.75) is 23.8 Å². The number of hydrogen-bond donors (Lipinski definition) is 1. The van der Waals surface area contributed by atoms with Crippen molar-refractivity contribution in [3.05, 3.63) is 0 Å². The molecular formula is C7H12O4S2. The zero-order valence-corrected chi connectivity index (χ0v) is 8.90. The maximum atomic E-state index is 11.0. The Balaban J connectivity index is 2.45. The van der Waals surface area contributed by atoms with Gasteiger partial charge in [0, 0.05) is 5.25 Å². The summed E-state index contributed by atoms with van der Waals surface area (Å²) in [6.07, 6.45) is 0.588. The van der Waals surface area contributed by atoms with E-state index in [9.17, 15) is 13.2 Å². The number of carboxylic acid groups (broad SMARTS) is 1. The van der Waals surface area contributed by atoms with Crippen LogP contribution < -0.4 is 0 Å². The van der Waals surface area contributed by atoms with E-state index in [0.29, 0.717) is 6.42 Å². The van der Waals surface area contributed by atoms with Crippen LogP contribution in [0.3, 0.4) is 0 Å². The van der Waals surface area contributed by atoms with E-state index in [1.54, 1.807) is 6.92 Å². The molecule has 6 heteroatoms. The molecule has 0 aromatic rings. The minimum Gasteiger partial charge on any atom is -0.480 e. The van der Waals surface area contributed by atoms with Gasteiger partial charge in [0.15, 0.2) is 9.84 Å². The molecule has 1 fully saturated rings. The van der Waals surface area contributed by atoms with Gasteiger partial charge in [-0.2, -0.15) is 0 Å². The zero-order valence-electron chi connectivity index (χ0n) is 7.26. The van der Waals surface area contributed by atoms with Gasteiger partial charge < -0.3 is 5.11 Å². The molecule has 0 aliphatic carbocycles. The average molecular weight is 224 g/mol. The predicted molar refractivity (Wildman–Crippen MR) is 51.7 cm³/mol. The fourth-order valence-electron chi connectivity index (χ4n) is 1.22. The number of aliphatic carboxylic acids is 1. The van der Waals surface area contributed by atoms with E-state index in [4.69, 9.17) is 5.11 Å². The van der Waals surface area contributed by atoms with E-state index >= 15 is 0 Å². The molecule has 1 saturated heterocycles. The van der Waals surface area contributed by atoms with Crippen LogP contribution in [0, 0.1) is 0 Å². The Morgan fingerprint density at radius 1 is 1.62 bits per heavy atom. The van der Waals surface area contributed by atoms with Crippen LogP contribution in [-0.4, -0.2) is 41.5 Å². The molecule has 0 amide bonds. The van der Waals surface area contributed by atoms with Crippen LogP contribution >= 0.6 is 11.8 Å². The third kappa shape index (κ3) is 3.19. The van der Waals surface area contributed by atoms with Crippen molar-refractivity contribution in [1.29, 1.82) is 0 Å². The van der Waals surface area contributed by atoms with Gasteiger partial charge in [0.25, 0.3) is 0 Å². The highest BCUT2D eigenvalue weighted by molar-refractivity contribution is 8.02. The quantitative estimate of drug-likeness (QED) is 0.750. The van der Waals surface area contributed by atoms with Crippen molar-refractivity contribution in [1.82, 2.24) is 0 Å². The first kappa shape index (κ1) is 10.8. The van der Waals surface area contributed by atoms with Crippen LogP contribution in [0.25, 0.3) is 0 Å². The Labute approximate surface area is 81.6 Å². The van der Waals surface area contributed by atoms with Crippen molar-refractivity contribution < 1.29 is 18.3 Å². The first-order valence-corrected chi connectivity index (χ1v) is 6.76. The maximum absolute atomic E-state index is 11.0. The van der Waals surface area contributed by atoms with E-state index in [2.05, 4.69) is 0 Å². The molecule has 4 nitrogen and oxygen atoms in total. The topological polar surface area (TPSA) is 71.4 Å². The number of thioether (sulfide) groups is 1. The summed E-state index contributed by atoms with van der Waals surface area (Å²) in [4.78, 5) is 10.5. The Kier molecular flexibility index (Phi) is 3.23. The number of hydrogen-bond acceptors (Lipinski definition) is 4. The summed E-state index contributed by atoms with van der Waals surface area (Å²) in [6, 6.07) is 0. The van der Waals surface area contributed by atoms with Gasteiger partial charge in [-0.05, 0) is 13.3 Å². The molecule has 0 spiro atoms. The van der Waals surface area contributed by atoms with Crippen molar-refractivity contribution >= 4 is 27.6 Å². The van der Waals surface area contributed by atoms with Crippen molar-refractivity contribution in [3.8, 4) is 0 Å². The fourth-order valence-corrected chi connectivity index (χ4v) is 4.79. The summed E-state index contributed by atoms with van der Waals surface area (Å²) in [6.45, 7) is 1.58. The van der Waals surface area contributed by atoms with Gasteiger partial charge in [-0.25, -0.2) is 8.42 Å². The molecule has 1 N–H and O–H groups in total. The monoisotopic (exact) mass is 224 g/mol. The van der Waals surface area contributed by atoms with Gasteiger partial charge in [0.2, 0.25) is 0 Å². The zero-order chi connectivity index (χ0) is 10.1. The molecule has 2 unspecified atom stereocenters. The second kappa shape index (κ2) is 3.88. The van der Waals surface area contributed by atoms with Crippen LogP contribution in [-0.2, 0) is 14.6 Å². The first-order chi connectivity index (χ1) is 5.91. The summed E-state index contributed by atoms with van der Waals surface area (Å²) in [7, 11) is -2.88. The van der Waals surface area contributed by atoms with Crippen molar-refractivity contribution in [3.63, 3.8) is 0 Å². The van der Waals surface area contributed by atoms with Crippen LogP contribution in [0.2, 0.25) is 0 Å². The highest BCUT2D eigenvalue weighted by Crippen LogP contribution is 2.27. The molecule has 76 valence electrons. The minimum absolute atomic E-state index is 0.0314. The van der Waals surface area contributed by atoms with Gasteiger partial charge in [0.05, 0.1) is 16.8 Å². The molecule has 1 aliphatic heterocycles. The lowest BCUT2D eigenvalue weighted by Crippen LogP contribution is -2.17. The van der Waals surface area contributed by atoms with Crippen molar-refractivity contribution in [2.24, 2.45) is 0 Å². The summed E-state index contributed by atoms with van der Waals surface area (Å²) in [5, 5.41) is 8.06. The second-order valence-electron chi connectivity index (χ2n) is 3.14. The van der Waals surface area contributed by atoms with E-state index in [-0.39, 0.29) is 16.8 Å². The van der Waals surface area contributed by atoms with E-state index < -0.39 is 21.1 Å². The van der Waals surface area contributed by atoms with Crippen LogP contribution in [0.5, 0.6) is 0 Å². The summed E-state index contributed by atoms with van der Waals surface area (Å²) in [5.74, 6) is -0.541. The van der Waals surface area contributed by atoms with Crippen LogP contribution in [0.4, 0.5) is 0 Å². The number of carbonyl (C=O) groups is 1. The minimum atomic E-state index is -2.88. The molecular weight excluding hydrogens is 212 g/mol. The SMILES string of the molecule is CC(SC1CCS(=O)(=O)C1)C(=O)O. The van der Waals surface area contributed by atoms with Gasteiger partial charge in [-0.1, -0.05) is 0 Å². The molecule has 1 rings (SSSR count). The van der Waals surface area contributed by atoms with Gasteiger partial charge in [-0.3, -0.25) is 4.79 Å². The van der Waals surface area contributed by atoms with E-state index in [1.807, 2.05) is 0 Å². The second-order valence-corrected chi connectivity index (χ2v) is 7.02. The van der Waals surface area contributed by atoms with Gasteiger partial charge in [-0.15, -0.1) is 11.8 Å². The summed E-state index contributed by atoms with van der Waals surface area (Å²) in [5.41, 5.74) is 0. The lowest BCUT2D eigenvalue weighted by Gasteiger charge is -2.10. The molecule has 1 heterocycles. The maximum Gasteiger partial charge on any atom is 0.316 e. The van der Waals surface area contributed by atoms with Crippen molar-refractivity contribution in [2.75, 3.05) is 11.5 Å². The highest BCUT2D eigenvalue weighted by atomic mass is 32.2. The van der Waals surface area contributed by atoms with E-state index in [0.717, 1.165) is 0 Å². The normalized spacial score (nSPS) is 28.5. The molecule has 0 radical (unpaired) electrons. The number of rotatable bonds is 3. The summed E-state index contributed by atoms with van der Waals surface area (Å²) >= 11 is 1.24. The number of carboxylic acids is 1. The smallest absolute Gasteiger partial charge is 0.316 e. The van der Waals surface area contributed by atoms with Crippen LogP contribution in [0.15, 0.2) is 0 Å². The highest BCUT2D eigenvalue weighted by Gasteiger charge is 2.30.